The molecule has 0 aliphatic heterocycles. The van der Waals surface area contributed by atoms with Gasteiger partial charge >= 0.3 is 0 Å². The lowest BCUT2D eigenvalue weighted by Crippen LogP contribution is -2.42. The Hall–Kier alpha value is -0.850. The number of hydrogen-bond donors (Lipinski definition) is 0. The summed E-state index contributed by atoms with van der Waals surface area (Å²) in [5.41, 5.74) is 2.13. The van der Waals surface area contributed by atoms with E-state index in [1.165, 1.54) is 19.3 Å². The second kappa shape index (κ2) is 4.92. The van der Waals surface area contributed by atoms with Gasteiger partial charge in [0, 0.05) is 0 Å². The van der Waals surface area contributed by atoms with Crippen molar-refractivity contribution >= 4 is 5.78 Å². The van der Waals surface area contributed by atoms with E-state index in [9.17, 15) is 4.79 Å². The maximum Gasteiger partial charge on any atom is 0.152 e. The molecule has 106 valence electrons. The molecule has 0 saturated heterocycles. The molecular formula is C18H28O. The number of carbonyl (C=O) groups is 1. The standard InChI is InChI=1S/C18H28O/c1-13-8-9-15-16(7-6-11-17(15,3)4)18(13,5)12-10-14(2)19/h9-10,12-13,16H,6-8,11H2,1-5H3/b12-10+/t13-,16+,18+/m0/s1. The minimum absolute atomic E-state index is 0.146. The highest BCUT2D eigenvalue weighted by molar-refractivity contribution is 5.87. The van der Waals surface area contributed by atoms with E-state index in [-0.39, 0.29) is 11.2 Å². The van der Waals surface area contributed by atoms with Gasteiger partial charge in [0.2, 0.25) is 0 Å². The third-order valence-corrected chi connectivity index (χ3v) is 5.63. The molecule has 0 spiro atoms. The van der Waals surface area contributed by atoms with Crippen LogP contribution < -0.4 is 0 Å². The van der Waals surface area contributed by atoms with Crippen LogP contribution in [-0.2, 0) is 4.79 Å². The van der Waals surface area contributed by atoms with Crippen LogP contribution in [0.25, 0.3) is 0 Å². The van der Waals surface area contributed by atoms with Gasteiger partial charge in [-0.2, -0.15) is 0 Å². The van der Waals surface area contributed by atoms with Crippen LogP contribution in [0.2, 0.25) is 0 Å². The molecule has 0 heterocycles. The Morgan fingerprint density at radius 1 is 1.37 bits per heavy atom. The third-order valence-electron chi connectivity index (χ3n) is 5.63. The summed E-state index contributed by atoms with van der Waals surface area (Å²) in [5.74, 6) is 1.40. The topological polar surface area (TPSA) is 17.1 Å². The maximum absolute atomic E-state index is 11.3. The van der Waals surface area contributed by atoms with Crippen LogP contribution in [0.1, 0.15) is 60.3 Å². The zero-order chi connectivity index (χ0) is 14.3. The SMILES string of the molecule is CC(=O)/C=C/[C@@]1(C)[C@@H]2CCCC(C)(C)C2=CC[C@@H]1C. The zero-order valence-corrected chi connectivity index (χ0v) is 13.1. The van der Waals surface area contributed by atoms with Gasteiger partial charge in [-0.15, -0.1) is 0 Å². The second-order valence-electron chi connectivity index (χ2n) is 7.43. The molecule has 0 bridgehead atoms. The van der Waals surface area contributed by atoms with Crippen molar-refractivity contribution in [3.8, 4) is 0 Å². The Bertz CT molecular complexity index is 427. The molecule has 0 radical (unpaired) electrons. The van der Waals surface area contributed by atoms with Crippen LogP contribution in [0.5, 0.6) is 0 Å². The molecular weight excluding hydrogens is 232 g/mol. The minimum atomic E-state index is 0.146. The van der Waals surface area contributed by atoms with Crippen LogP contribution in [0.15, 0.2) is 23.8 Å². The first-order valence-electron chi connectivity index (χ1n) is 7.68. The van der Waals surface area contributed by atoms with Crippen molar-refractivity contribution < 1.29 is 4.79 Å². The number of fused-ring (bicyclic) bond motifs is 1. The fourth-order valence-electron chi connectivity index (χ4n) is 4.06. The van der Waals surface area contributed by atoms with Crippen molar-refractivity contribution in [1.29, 1.82) is 0 Å². The molecule has 2 rings (SSSR count). The van der Waals surface area contributed by atoms with Gasteiger partial charge < -0.3 is 0 Å². The first kappa shape index (κ1) is 14.6. The van der Waals surface area contributed by atoms with Crippen molar-refractivity contribution in [2.45, 2.75) is 60.3 Å². The smallest absolute Gasteiger partial charge is 0.152 e. The van der Waals surface area contributed by atoms with E-state index < -0.39 is 0 Å². The van der Waals surface area contributed by atoms with Gasteiger partial charge in [-0.05, 0) is 54.9 Å². The van der Waals surface area contributed by atoms with Crippen LogP contribution in [0.3, 0.4) is 0 Å². The van der Waals surface area contributed by atoms with E-state index in [0.717, 1.165) is 6.42 Å². The molecule has 0 aromatic carbocycles. The number of carbonyl (C=O) groups excluding carboxylic acids is 1. The van der Waals surface area contributed by atoms with E-state index >= 15 is 0 Å². The summed E-state index contributed by atoms with van der Waals surface area (Å²) in [4.78, 5) is 11.3. The summed E-state index contributed by atoms with van der Waals surface area (Å²) in [6.45, 7) is 11.1. The largest absolute Gasteiger partial charge is 0.295 e. The average Bonchev–Trinajstić information content (AvgIpc) is 2.31. The third kappa shape index (κ3) is 2.57. The lowest BCUT2D eigenvalue weighted by molar-refractivity contribution is -0.112. The summed E-state index contributed by atoms with van der Waals surface area (Å²) in [7, 11) is 0. The lowest BCUT2D eigenvalue weighted by atomic mass is 9.53. The number of hydrogen-bond acceptors (Lipinski definition) is 1. The molecule has 1 nitrogen and oxygen atoms in total. The maximum atomic E-state index is 11.3. The highest BCUT2D eigenvalue weighted by atomic mass is 16.1. The second-order valence-corrected chi connectivity index (χ2v) is 7.43. The summed E-state index contributed by atoms with van der Waals surface area (Å²) in [5, 5.41) is 0. The summed E-state index contributed by atoms with van der Waals surface area (Å²) >= 11 is 0. The van der Waals surface area contributed by atoms with E-state index in [0.29, 0.717) is 17.3 Å². The van der Waals surface area contributed by atoms with Gasteiger partial charge in [0.25, 0.3) is 0 Å². The molecule has 0 aromatic heterocycles. The van der Waals surface area contributed by atoms with Crippen LogP contribution in [0, 0.1) is 22.7 Å². The first-order valence-corrected chi connectivity index (χ1v) is 7.68. The van der Waals surface area contributed by atoms with Crippen molar-refractivity contribution in [2.75, 3.05) is 0 Å². The Morgan fingerprint density at radius 2 is 2.05 bits per heavy atom. The first-order chi connectivity index (χ1) is 8.77. The number of rotatable bonds is 2. The van der Waals surface area contributed by atoms with Crippen LogP contribution in [0.4, 0.5) is 0 Å². The van der Waals surface area contributed by atoms with E-state index in [1.807, 2.05) is 0 Å². The fraction of sp³-hybridized carbons (Fsp3) is 0.722. The minimum Gasteiger partial charge on any atom is -0.295 e. The number of allylic oxidation sites excluding steroid dienone is 4. The van der Waals surface area contributed by atoms with Crippen molar-refractivity contribution in [2.24, 2.45) is 22.7 Å². The molecule has 0 aromatic rings. The Labute approximate surface area is 118 Å². The molecule has 0 amide bonds. The van der Waals surface area contributed by atoms with Crippen molar-refractivity contribution in [1.82, 2.24) is 0 Å². The molecule has 0 N–H and O–H groups in total. The normalized spacial score (nSPS) is 37.8. The zero-order valence-electron chi connectivity index (χ0n) is 13.1. The average molecular weight is 260 g/mol. The van der Waals surface area contributed by atoms with Gasteiger partial charge in [-0.3, -0.25) is 4.79 Å². The molecule has 1 heteroatoms. The van der Waals surface area contributed by atoms with Gasteiger partial charge in [0.15, 0.2) is 5.78 Å². The van der Waals surface area contributed by atoms with Gasteiger partial charge in [0.1, 0.15) is 0 Å². The van der Waals surface area contributed by atoms with E-state index in [1.54, 1.807) is 18.6 Å². The van der Waals surface area contributed by atoms with E-state index in [2.05, 4.69) is 39.8 Å². The van der Waals surface area contributed by atoms with Crippen molar-refractivity contribution in [3.05, 3.63) is 23.8 Å². The molecule has 1 fully saturated rings. The molecule has 1 saturated carbocycles. The molecule has 2 aliphatic rings. The highest BCUT2D eigenvalue weighted by Gasteiger charge is 2.46. The fourth-order valence-corrected chi connectivity index (χ4v) is 4.06. The molecule has 19 heavy (non-hydrogen) atoms. The predicted octanol–water partition coefficient (Wildman–Crippen LogP) is 4.93. The predicted molar refractivity (Wildman–Crippen MR) is 80.9 cm³/mol. The quantitative estimate of drug-likeness (QED) is 0.508. The lowest BCUT2D eigenvalue weighted by Gasteiger charge is -2.52. The summed E-state index contributed by atoms with van der Waals surface area (Å²) < 4.78 is 0. The van der Waals surface area contributed by atoms with Gasteiger partial charge in [0.05, 0.1) is 0 Å². The van der Waals surface area contributed by atoms with Crippen LogP contribution in [-0.4, -0.2) is 5.78 Å². The highest BCUT2D eigenvalue weighted by Crippen LogP contribution is 2.56. The molecule has 0 unspecified atom stereocenters. The Kier molecular flexibility index (Phi) is 3.77. The Morgan fingerprint density at radius 3 is 2.68 bits per heavy atom. The molecule has 3 atom stereocenters. The molecule has 2 aliphatic carbocycles. The number of ketones is 1. The van der Waals surface area contributed by atoms with Gasteiger partial charge in [-0.25, -0.2) is 0 Å². The summed E-state index contributed by atoms with van der Waals surface area (Å²) in [6.07, 6.45) is 11.5. The monoisotopic (exact) mass is 260 g/mol. The Balaban J connectivity index is 2.39. The summed E-state index contributed by atoms with van der Waals surface area (Å²) in [6, 6.07) is 0. The van der Waals surface area contributed by atoms with Crippen molar-refractivity contribution in [3.63, 3.8) is 0 Å². The van der Waals surface area contributed by atoms with Gasteiger partial charge in [-0.1, -0.05) is 51.8 Å². The van der Waals surface area contributed by atoms with Crippen LogP contribution >= 0.6 is 0 Å². The van der Waals surface area contributed by atoms with E-state index in [4.69, 9.17) is 0 Å².